The molecule has 0 aliphatic rings. The van der Waals surface area contributed by atoms with Gasteiger partial charge in [0.2, 0.25) is 0 Å². The van der Waals surface area contributed by atoms with Gasteiger partial charge in [0, 0.05) is 11.1 Å². The molecule has 0 bridgehead atoms. The van der Waals surface area contributed by atoms with Crippen LogP contribution in [0, 0.1) is 0 Å². The van der Waals surface area contributed by atoms with Crippen molar-refractivity contribution in [3.8, 4) is 0 Å². The molecule has 2 heterocycles. The minimum Gasteiger partial charge on any atom is -0.384 e. The summed E-state index contributed by atoms with van der Waals surface area (Å²) >= 11 is 0. The van der Waals surface area contributed by atoms with Crippen LogP contribution in [-0.2, 0) is 6.18 Å². The van der Waals surface area contributed by atoms with E-state index in [1.54, 1.807) is 6.07 Å². The van der Waals surface area contributed by atoms with E-state index in [4.69, 9.17) is 5.73 Å². The predicted molar refractivity (Wildman–Crippen MR) is 76.5 cm³/mol. The molecule has 1 aromatic carbocycles. The molecule has 0 aliphatic carbocycles. The predicted octanol–water partition coefficient (Wildman–Crippen LogP) is 3.37. The van der Waals surface area contributed by atoms with Crippen molar-refractivity contribution in [2.75, 3.05) is 11.1 Å². The second-order valence-corrected chi connectivity index (χ2v) is 4.55. The summed E-state index contributed by atoms with van der Waals surface area (Å²) in [6.07, 6.45) is -1.63. The summed E-state index contributed by atoms with van der Waals surface area (Å²) in [5, 5.41) is 3.43. The number of benzene rings is 1. The molecule has 0 unspecified atom stereocenters. The number of fused-ring (bicyclic) bond motifs is 1. The van der Waals surface area contributed by atoms with Gasteiger partial charge in [-0.05, 0) is 24.3 Å². The molecule has 5 nitrogen and oxygen atoms in total. The van der Waals surface area contributed by atoms with Crippen LogP contribution in [-0.4, -0.2) is 15.0 Å². The molecule has 0 saturated carbocycles. The van der Waals surface area contributed by atoms with E-state index in [1.165, 1.54) is 24.7 Å². The third kappa shape index (κ3) is 2.76. The highest BCUT2D eigenvalue weighted by atomic mass is 19.4. The van der Waals surface area contributed by atoms with Gasteiger partial charge in [-0.1, -0.05) is 6.07 Å². The Balaban J connectivity index is 2.02. The van der Waals surface area contributed by atoms with Gasteiger partial charge in [-0.3, -0.25) is 0 Å². The number of nitrogens with zero attached hydrogens (tertiary/aromatic N) is 3. The molecule has 0 amide bonds. The zero-order valence-corrected chi connectivity index (χ0v) is 11.1. The van der Waals surface area contributed by atoms with E-state index in [0.717, 1.165) is 12.1 Å². The maximum absolute atomic E-state index is 12.7. The van der Waals surface area contributed by atoms with E-state index in [2.05, 4.69) is 20.3 Å². The fourth-order valence-electron chi connectivity index (χ4n) is 1.98. The highest BCUT2D eigenvalue weighted by molar-refractivity contribution is 5.91. The molecule has 0 atom stereocenters. The third-order valence-corrected chi connectivity index (χ3v) is 3.00. The Morgan fingerprint density at radius 2 is 1.86 bits per heavy atom. The van der Waals surface area contributed by atoms with Crippen LogP contribution in [0.5, 0.6) is 0 Å². The van der Waals surface area contributed by atoms with Crippen molar-refractivity contribution in [3.63, 3.8) is 0 Å². The van der Waals surface area contributed by atoms with E-state index < -0.39 is 11.7 Å². The lowest BCUT2D eigenvalue weighted by molar-refractivity contribution is -0.137. The molecule has 3 aromatic rings. The van der Waals surface area contributed by atoms with Crippen molar-refractivity contribution < 1.29 is 13.2 Å². The van der Waals surface area contributed by atoms with Crippen LogP contribution in [0.15, 0.2) is 42.9 Å². The molecule has 112 valence electrons. The largest absolute Gasteiger partial charge is 0.416 e. The molecule has 22 heavy (non-hydrogen) atoms. The van der Waals surface area contributed by atoms with Crippen LogP contribution in [0.4, 0.5) is 30.5 Å². The number of hydrogen-bond acceptors (Lipinski definition) is 5. The van der Waals surface area contributed by atoms with Crippen molar-refractivity contribution in [3.05, 3.63) is 48.4 Å². The smallest absolute Gasteiger partial charge is 0.384 e. The molecule has 0 spiro atoms. The van der Waals surface area contributed by atoms with E-state index in [1.807, 2.05) is 0 Å². The lowest BCUT2D eigenvalue weighted by atomic mass is 10.2. The van der Waals surface area contributed by atoms with E-state index >= 15 is 0 Å². The molecule has 0 aliphatic heterocycles. The van der Waals surface area contributed by atoms with Gasteiger partial charge in [-0.15, -0.1) is 0 Å². The van der Waals surface area contributed by atoms with Crippen molar-refractivity contribution in [1.82, 2.24) is 15.0 Å². The number of anilines is 3. The first-order valence-corrected chi connectivity index (χ1v) is 6.24. The van der Waals surface area contributed by atoms with Crippen molar-refractivity contribution >= 4 is 28.2 Å². The fraction of sp³-hybridized carbons (Fsp3) is 0.0714. The van der Waals surface area contributed by atoms with Gasteiger partial charge < -0.3 is 11.1 Å². The first kappa shape index (κ1) is 14.1. The number of alkyl halides is 3. The molecule has 3 rings (SSSR count). The summed E-state index contributed by atoms with van der Waals surface area (Å²) < 4.78 is 38.2. The van der Waals surface area contributed by atoms with Gasteiger partial charge in [0.25, 0.3) is 0 Å². The Kier molecular flexibility index (Phi) is 3.28. The second kappa shape index (κ2) is 5.14. The number of aromatic nitrogens is 3. The van der Waals surface area contributed by atoms with Crippen LogP contribution in [0.25, 0.3) is 10.9 Å². The average Bonchev–Trinajstić information content (AvgIpc) is 2.47. The number of nitrogens with two attached hydrogens (primary N) is 1. The SMILES string of the molecule is Nc1cc2c(Nc3cccc(C(F)(F)F)c3)ncnc2cn1. The highest BCUT2D eigenvalue weighted by Gasteiger charge is 2.30. The van der Waals surface area contributed by atoms with Crippen LogP contribution in [0.3, 0.4) is 0 Å². The Morgan fingerprint density at radius 3 is 2.64 bits per heavy atom. The zero-order valence-electron chi connectivity index (χ0n) is 11.1. The van der Waals surface area contributed by atoms with Crippen molar-refractivity contribution in [2.45, 2.75) is 6.18 Å². The van der Waals surface area contributed by atoms with Gasteiger partial charge in [0.05, 0.1) is 17.3 Å². The molecule has 0 fully saturated rings. The Bertz CT molecular complexity index is 832. The Morgan fingerprint density at radius 1 is 1.05 bits per heavy atom. The number of halogens is 3. The fourth-order valence-corrected chi connectivity index (χ4v) is 1.98. The Labute approximate surface area is 123 Å². The molecule has 0 radical (unpaired) electrons. The average molecular weight is 305 g/mol. The normalized spacial score (nSPS) is 11.6. The minimum atomic E-state index is -4.40. The number of rotatable bonds is 2. The summed E-state index contributed by atoms with van der Waals surface area (Å²) in [4.78, 5) is 12.0. The monoisotopic (exact) mass is 305 g/mol. The van der Waals surface area contributed by atoms with Crippen LogP contribution in [0.2, 0.25) is 0 Å². The standard InChI is InChI=1S/C14H10F3N5/c15-14(16,17)8-2-1-3-9(4-8)22-13-10-5-12(18)19-6-11(10)20-7-21-13/h1-7H,(H2,18,19)(H,20,21,22). The summed E-state index contributed by atoms with van der Waals surface area (Å²) in [5.41, 5.74) is 5.69. The lowest BCUT2D eigenvalue weighted by Gasteiger charge is -2.11. The summed E-state index contributed by atoms with van der Waals surface area (Å²) in [5.74, 6) is 0.632. The topological polar surface area (TPSA) is 76.7 Å². The summed E-state index contributed by atoms with van der Waals surface area (Å²) in [6, 6.07) is 6.42. The zero-order chi connectivity index (χ0) is 15.7. The van der Waals surface area contributed by atoms with Gasteiger partial charge in [0.1, 0.15) is 18.0 Å². The van der Waals surface area contributed by atoms with Gasteiger partial charge in [-0.2, -0.15) is 13.2 Å². The van der Waals surface area contributed by atoms with Crippen molar-refractivity contribution in [1.29, 1.82) is 0 Å². The number of nitrogens with one attached hydrogen (secondary N) is 1. The molecule has 0 saturated heterocycles. The van der Waals surface area contributed by atoms with Gasteiger partial charge >= 0.3 is 6.18 Å². The molecule has 8 heteroatoms. The first-order chi connectivity index (χ1) is 10.4. The van der Waals surface area contributed by atoms with Crippen LogP contribution in [0.1, 0.15) is 5.56 Å². The van der Waals surface area contributed by atoms with E-state index in [-0.39, 0.29) is 11.5 Å². The maximum atomic E-state index is 12.7. The van der Waals surface area contributed by atoms with Crippen molar-refractivity contribution in [2.24, 2.45) is 0 Å². The quantitative estimate of drug-likeness (QED) is 0.759. The molecular weight excluding hydrogens is 295 g/mol. The number of hydrogen-bond donors (Lipinski definition) is 2. The molecule has 3 N–H and O–H groups in total. The highest BCUT2D eigenvalue weighted by Crippen LogP contribution is 2.32. The summed E-state index contributed by atoms with van der Waals surface area (Å²) in [6.45, 7) is 0. The first-order valence-electron chi connectivity index (χ1n) is 6.24. The number of nitrogen functional groups attached to an aromatic ring is 1. The lowest BCUT2D eigenvalue weighted by Crippen LogP contribution is -2.05. The second-order valence-electron chi connectivity index (χ2n) is 4.55. The number of pyridine rings is 1. The minimum absolute atomic E-state index is 0.269. The maximum Gasteiger partial charge on any atom is 0.416 e. The van der Waals surface area contributed by atoms with Crippen LogP contribution >= 0.6 is 0 Å². The van der Waals surface area contributed by atoms with Gasteiger partial charge in [0.15, 0.2) is 0 Å². The van der Waals surface area contributed by atoms with Crippen LogP contribution < -0.4 is 11.1 Å². The summed E-state index contributed by atoms with van der Waals surface area (Å²) in [7, 11) is 0. The Hall–Kier alpha value is -2.90. The van der Waals surface area contributed by atoms with Gasteiger partial charge in [-0.25, -0.2) is 15.0 Å². The van der Waals surface area contributed by atoms with E-state index in [9.17, 15) is 13.2 Å². The molecule has 2 aromatic heterocycles. The third-order valence-electron chi connectivity index (χ3n) is 3.00. The van der Waals surface area contributed by atoms with E-state index in [0.29, 0.717) is 16.7 Å². The molecular formula is C14H10F3N5.